The van der Waals surface area contributed by atoms with Crippen molar-refractivity contribution in [3.05, 3.63) is 12.7 Å². The molecule has 9 heteroatoms. The zero-order valence-corrected chi connectivity index (χ0v) is 14.1. The summed E-state index contributed by atoms with van der Waals surface area (Å²) in [7, 11) is 0. The molecule has 2 aromatic heterocycles. The second kappa shape index (κ2) is 5.98. The molecule has 9 nitrogen and oxygen atoms in total. The first-order chi connectivity index (χ1) is 12.1. The van der Waals surface area contributed by atoms with E-state index in [-0.39, 0.29) is 17.9 Å². The van der Waals surface area contributed by atoms with Gasteiger partial charge in [-0.2, -0.15) is 0 Å². The molecule has 2 aromatic rings. The van der Waals surface area contributed by atoms with E-state index in [1.165, 1.54) is 6.33 Å². The van der Waals surface area contributed by atoms with E-state index in [2.05, 4.69) is 35.5 Å². The number of urea groups is 1. The van der Waals surface area contributed by atoms with Crippen LogP contribution >= 0.6 is 0 Å². The molecular weight excluding hydrogens is 322 g/mol. The van der Waals surface area contributed by atoms with Crippen molar-refractivity contribution in [3.8, 4) is 0 Å². The van der Waals surface area contributed by atoms with E-state index in [1.54, 1.807) is 6.33 Å². The van der Waals surface area contributed by atoms with Gasteiger partial charge in [0.25, 0.3) is 5.91 Å². The Bertz CT molecular complexity index is 812. The van der Waals surface area contributed by atoms with Gasteiger partial charge >= 0.3 is 6.03 Å². The van der Waals surface area contributed by atoms with Crippen molar-refractivity contribution in [3.63, 3.8) is 0 Å². The molecule has 4 rings (SSSR count). The molecule has 25 heavy (non-hydrogen) atoms. The van der Waals surface area contributed by atoms with Crippen LogP contribution in [0, 0.1) is 5.92 Å². The number of aromatic amines is 1. The average Bonchev–Trinajstić information content (AvgIpc) is 3.20. The van der Waals surface area contributed by atoms with Gasteiger partial charge in [-0.15, -0.1) is 0 Å². The summed E-state index contributed by atoms with van der Waals surface area (Å²) in [6.07, 6.45) is 6.26. The lowest BCUT2D eigenvalue weighted by atomic mass is 9.75. The Morgan fingerprint density at radius 2 is 2.04 bits per heavy atom. The Kier molecular flexibility index (Phi) is 3.78. The number of imidazole rings is 1. The first-order valence-corrected chi connectivity index (χ1v) is 8.66. The average molecular weight is 343 g/mol. The smallest absolute Gasteiger partial charge is 0.322 e. The van der Waals surface area contributed by atoms with E-state index < -0.39 is 5.54 Å². The number of nitrogens with one attached hydrogen (secondary N) is 3. The van der Waals surface area contributed by atoms with Gasteiger partial charge in [0.15, 0.2) is 11.5 Å². The van der Waals surface area contributed by atoms with Crippen LogP contribution in [-0.4, -0.2) is 50.5 Å². The molecule has 2 saturated heterocycles. The third-order valence-corrected chi connectivity index (χ3v) is 5.31. The quantitative estimate of drug-likeness (QED) is 0.712. The van der Waals surface area contributed by atoms with Gasteiger partial charge in [0.1, 0.15) is 17.4 Å². The van der Waals surface area contributed by atoms with Crippen LogP contribution in [0.4, 0.5) is 10.6 Å². The minimum Gasteiger partial charge on any atom is -0.355 e. The molecule has 2 fully saturated rings. The van der Waals surface area contributed by atoms with Gasteiger partial charge in [0.05, 0.1) is 6.33 Å². The van der Waals surface area contributed by atoms with Crippen LogP contribution in [0.5, 0.6) is 0 Å². The van der Waals surface area contributed by atoms with E-state index in [0.29, 0.717) is 12.1 Å². The second-order valence-electron chi connectivity index (χ2n) is 6.69. The third kappa shape index (κ3) is 2.50. The SMILES string of the molecule is CCCC1(C2CCN(c3ncnc4nc[nH]c34)CC2)NC(=O)NC1=O. The molecule has 3 N–H and O–H groups in total. The lowest BCUT2D eigenvalue weighted by molar-refractivity contribution is -0.126. The highest BCUT2D eigenvalue weighted by Gasteiger charge is 2.51. The van der Waals surface area contributed by atoms with Crippen molar-refractivity contribution >= 4 is 28.9 Å². The lowest BCUT2D eigenvalue weighted by Crippen LogP contribution is -2.56. The largest absolute Gasteiger partial charge is 0.355 e. The van der Waals surface area contributed by atoms with Gasteiger partial charge in [0, 0.05) is 13.1 Å². The summed E-state index contributed by atoms with van der Waals surface area (Å²) in [5.74, 6) is 0.774. The normalized spacial score (nSPS) is 24.6. The lowest BCUT2D eigenvalue weighted by Gasteiger charge is -2.41. The van der Waals surface area contributed by atoms with E-state index in [9.17, 15) is 9.59 Å². The van der Waals surface area contributed by atoms with Gasteiger partial charge in [-0.1, -0.05) is 13.3 Å². The first kappa shape index (κ1) is 15.8. The standard InChI is InChI=1S/C16H21N7O2/c1-2-5-16(14(24)21-15(25)22-16)10-3-6-23(7-4-10)13-11-12(18-8-17-11)19-9-20-13/h8-10H,2-7H2,1H3,(H,17,18,19,20)(H2,21,22,24,25). The van der Waals surface area contributed by atoms with Crippen LogP contribution in [0.3, 0.4) is 0 Å². The van der Waals surface area contributed by atoms with E-state index >= 15 is 0 Å². The number of carbonyl (C=O) groups excluding carboxylic acids is 2. The molecule has 2 aliphatic rings. The topological polar surface area (TPSA) is 116 Å². The highest BCUT2D eigenvalue weighted by molar-refractivity contribution is 6.07. The number of anilines is 1. The highest BCUT2D eigenvalue weighted by Crippen LogP contribution is 2.36. The molecule has 0 aliphatic carbocycles. The maximum absolute atomic E-state index is 12.4. The molecule has 0 aromatic carbocycles. The van der Waals surface area contributed by atoms with E-state index in [0.717, 1.165) is 43.7 Å². The predicted octanol–water partition coefficient (Wildman–Crippen LogP) is 0.948. The van der Waals surface area contributed by atoms with Crippen molar-refractivity contribution in [2.75, 3.05) is 18.0 Å². The number of aromatic nitrogens is 4. The second-order valence-corrected chi connectivity index (χ2v) is 6.69. The van der Waals surface area contributed by atoms with E-state index in [4.69, 9.17) is 0 Å². The monoisotopic (exact) mass is 343 g/mol. The van der Waals surface area contributed by atoms with Gasteiger partial charge in [-0.05, 0) is 25.2 Å². The molecule has 0 radical (unpaired) electrons. The fourth-order valence-corrected chi connectivity index (χ4v) is 4.14. The minimum atomic E-state index is -0.771. The molecule has 3 amide bonds. The first-order valence-electron chi connectivity index (χ1n) is 8.66. The van der Waals surface area contributed by atoms with Crippen molar-refractivity contribution in [2.45, 2.75) is 38.1 Å². The number of hydrogen-bond donors (Lipinski definition) is 3. The molecule has 0 bridgehead atoms. The van der Waals surface area contributed by atoms with Crippen LogP contribution in [0.25, 0.3) is 11.2 Å². The number of nitrogens with zero attached hydrogens (tertiary/aromatic N) is 4. The maximum atomic E-state index is 12.4. The van der Waals surface area contributed by atoms with Crippen LogP contribution in [0.2, 0.25) is 0 Å². The Morgan fingerprint density at radius 1 is 1.24 bits per heavy atom. The number of H-pyrrole nitrogens is 1. The summed E-state index contributed by atoms with van der Waals surface area (Å²) in [5, 5.41) is 5.32. The number of carbonyl (C=O) groups is 2. The maximum Gasteiger partial charge on any atom is 0.322 e. The Morgan fingerprint density at radius 3 is 2.72 bits per heavy atom. The van der Waals surface area contributed by atoms with Crippen LogP contribution < -0.4 is 15.5 Å². The molecule has 4 heterocycles. The number of fused-ring (bicyclic) bond motifs is 1. The minimum absolute atomic E-state index is 0.120. The number of imide groups is 1. The summed E-state index contributed by atoms with van der Waals surface area (Å²) in [4.78, 5) is 42.2. The Hall–Kier alpha value is -2.71. The van der Waals surface area contributed by atoms with E-state index in [1.807, 2.05) is 6.92 Å². The van der Waals surface area contributed by atoms with Gasteiger partial charge in [-0.25, -0.2) is 19.7 Å². The summed E-state index contributed by atoms with van der Waals surface area (Å²) >= 11 is 0. The highest BCUT2D eigenvalue weighted by atomic mass is 16.2. The number of hydrogen-bond acceptors (Lipinski definition) is 6. The fourth-order valence-electron chi connectivity index (χ4n) is 4.14. The molecule has 1 atom stereocenters. The van der Waals surface area contributed by atoms with Crippen LogP contribution in [0.15, 0.2) is 12.7 Å². The Labute approximate surface area is 144 Å². The molecule has 2 aliphatic heterocycles. The van der Waals surface area contributed by atoms with Gasteiger partial charge in [-0.3, -0.25) is 10.1 Å². The van der Waals surface area contributed by atoms with Crippen molar-refractivity contribution in [1.82, 2.24) is 30.6 Å². The summed E-state index contributed by atoms with van der Waals surface area (Å²) in [6, 6.07) is -0.379. The zero-order valence-electron chi connectivity index (χ0n) is 14.1. The van der Waals surface area contributed by atoms with Gasteiger partial charge in [0.2, 0.25) is 0 Å². The molecular formula is C16H21N7O2. The molecule has 0 spiro atoms. The van der Waals surface area contributed by atoms with Crippen LogP contribution in [-0.2, 0) is 4.79 Å². The van der Waals surface area contributed by atoms with Crippen molar-refractivity contribution in [1.29, 1.82) is 0 Å². The Balaban J connectivity index is 1.54. The van der Waals surface area contributed by atoms with Crippen molar-refractivity contribution in [2.24, 2.45) is 5.92 Å². The van der Waals surface area contributed by atoms with Crippen LogP contribution in [0.1, 0.15) is 32.6 Å². The molecule has 1 unspecified atom stereocenters. The molecule has 132 valence electrons. The fraction of sp³-hybridized carbons (Fsp3) is 0.562. The van der Waals surface area contributed by atoms with Gasteiger partial charge < -0.3 is 15.2 Å². The number of piperidine rings is 1. The van der Waals surface area contributed by atoms with Crippen molar-refractivity contribution < 1.29 is 9.59 Å². The molecule has 0 saturated carbocycles. The summed E-state index contributed by atoms with van der Waals surface area (Å²) in [5.41, 5.74) is 0.709. The number of rotatable bonds is 4. The summed E-state index contributed by atoms with van der Waals surface area (Å²) in [6.45, 7) is 3.57. The number of amides is 3. The zero-order chi connectivity index (χ0) is 17.4. The summed E-state index contributed by atoms with van der Waals surface area (Å²) < 4.78 is 0. The third-order valence-electron chi connectivity index (χ3n) is 5.31. The predicted molar refractivity (Wildman–Crippen MR) is 90.9 cm³/mol.